The zero-order valence-electron chi connectivity index (χ0n) is 21.2. The van der Waals surface area contributed by atoms with Gasteiger partial charge in [0.15, 0.2) is 0 Å². The predicted octanol–water partition coefficient (Wildman–Crippen LogP) is 3.89. The zero-order chi connectivity index (χ0) is 27.1. The quantitative estimate of drug-likeness (QED) is 0.563. The largest absolute Gasteiger partial charge is 0.573 e. The second-order valence-corrected chi connectivity index (χ2v) is 10.4. The lowest BCUT2D eigenvalue weighted by Gasteiger charge is -2.48. The summed E-state index contributed by atoms with van der Waals surface area (Å²) >= 11 is 0. The lowest BCUT2D eigenvalue weighted by Crippen LogP contribution is -2.58. The van der Waals surface area contributed by atoms with Crippen molar-refractivity contribution in [2.75, 3.05) is 18.9 Å². The molecule has 1 aliphatic carbocycles. The maximum atomic E-state index is 13.5. The monoisotopic (exact) mass is 523 g/mol. The summed E-state index contributed by atoms with van der Waals surface area (Å²) in [4.78, 5) is 38.0. The standard InChI is InChI=1S/C25H32F3N5O4/c1-14(2)32(4)15-5-8-20(24(3,12-15)23(35)36)33-10-9-19(22(33)34)31-21-17-11-16(37-25(26,27)28)6-7-18(17)29-13-30-21/h6-7,11,13-15,19-20H,5,8-10,12H2,1-4H3,(H,35,36)(H,29,30,31)/t15-,19+,20+,24-/m1/s1. The molecule has 1 aromatic heterocycles. The van der Waals surface area contributed by atoms with Crippen LogP contribution in [0.25, 0.3) is 10.9 Å². The fraction of sp³-hybridized carbons (Fsp3) is 0.600. The number of halogens is 3. The van der Waals surface area contributed by atoms with E-state index in [2.05, 4.69) is 38.8 Å². The molecule has 1 amide bonds. The molecule has 2 aromatic rings. The Morgan fingerprint density at radius 2 is 2.00 bits per heavy atom. The molecule has 1 saturated heterocycles. The summed E-state index contributed by atoms with van der Waals surface area (Å²) in [6.45, 7) is 6.23. The first-order valence-electron chi connectivity index (χ1n) is 12.3. The van der Waals surface area contributed by atoms with E-state index in [1.807, 2.05) is 7.05 Å². The van der Waals surface area contributed by atoms with E-state index >= 15 is 0 Å². The maximum absolute atomic E-state index is 13.5. The van der Waals surface area contributed by atoms with Crippen molar-refractivity contribution < 1.29 is 32.6 Å². The number of carboxylic acid groups (broad SMARTS) is 1. The van der Waals surface area contributed by atoms with Crippen LogP contribution >= 0.6 is 0 Å². The number of benzene rings is 1. The lowest BCUT2D eigenvalue weighted by atomic mass is 9.68. The second kappa shape index (κ2) is 9.96. The smallest absolute Gasteiger partial charge is 0.481 e. The molecule has 1 aliphatic heterocycles. The number of nitrogens with zero attached hydrogens (tertiary/aromatic N) is 4. The molecule has 4 atom stereocenters. The summed E-state index contributed by atoms with van der Waals surface area (Å²) in [6, 6.07) is 2.94. The maximum Gasteiger partial charge on any atom is 0.573 e. The van der Waals surface area contributed by atoms with Crippen molar-refractivity contribution in [3.63, 3.8) is 0 Å². The number of aliphatic carboxylic acids is 1. The van der Waals surface area contributed by atoms with Crippen molar-refractivity contribution in [3.8, 4) is 5.75 Å². The first kappa shape index (κ1) is 26.9. The van der Waals surface area contributed by atoms with Crippen molar-refractivity contribution in [2.45, 2.75) is 77.0 Å². The van der Waals surface area contributed by atoms with Crippen molar-refractivity contribution in [1.82, 2.24) is 19.8 Å². The summed E-state index contributed by atoms with van der Waals surface area (Å²) in [5.41, 5.74) is -0.720. The highest BCUT2D eigenvalue weighted by molar-refractivity contribution is 5.94. The van der Waals surface area contributed by atoms with E-state index in [4.69, 9.17) is 0 Å². The molecule has 1 saturated carbocycles. The van der Waals surface area contributed by atoms with Gasteiger partial charge < -0.3 is 25.0 Å². The molecular weight excluding hydrogens is 491 g/mol. The Bertz CT molecular complexity index is 1180. The molecule has 0 spiro atoms. The van der Waals surface area contributed by atoms with E-state index in [1.165, 1.54) is 18.5 Å². The average molecular weight is 524 g/mol. The minimum absolute atomic E-state index is 0.101. The Labute approximate surface area is 213 Å². The number of ether oxygens (including phenoxy) is 1. The number of aromatic nitrogens is 2. The van der Waals surface area contributed by atoms with Crippen molar-refractivity contribution in [1.29, 1.82) is 0 Å². The van der Waals surface area contributed by atoms with Crippen molar-refractivity contribution in [3.05, 3.63) is 24.5 Å². The number of hydrogen-bond donors (Lipinski definition) is 2. The molecular formula is C25H32F3N5O4. The number of alkyl halides is 3. The highest BCUT2D eigenvalue weighted by atomic mass is 19.4. The SMILES string of the molecule is CC(C)N(C)[C@@H]1CC[C@H](N2CC[C@H](Nc3ncnc4ccc(OC(F)(F)F)cc34)C2=O)[C@](C)(C(=O)O)C1. The third-order valence-corrected chi connectivity index (χ3v) is 7.81. The van der Waals surface area contributed by atoms with E-state index in [1.54, 1.807) is 11.8 Å². The number of amides is 1. The highest BCUT2D eigenvalue weighted by Gasteiger charge is 2.52. The van der Waals surface area contributed by atoms with Gasteiger partial charge in [-0.05, 0) is 71.7 Å². The number of anilines is 1. The van der Waals surface area contributed by atoms with Crippen LogP contribution in [0.1, 0.15) is 46.5 Å². The van der Waals surface area contributed by atoms with E-state index in [-0.39, 0.29) is 29.2 Å². The lowest BCUT2D eigenvalue weighted by molar-refractivity contribution is -0.274. The van der Waals surface area contributed by atoms with Gasteiger partial charge in [-0.2, -0.15) is 0 Å². The van der Waals surface area contributed by atoms with Crippen LogP contribution in [0.2, 0.25) is 0 Å². The van der Waals surface area contributed by atoms with Gasteiger partial charge in [-0.15, -0.1) is 13.2 Å². The van der Waals surface area contributed by atoms with E-state index < -0.39 is 35.6 Å². The molecule has 1 aromatic carbocycles. The molecule has 202 valence electrons. The van der Waals surface area contributed by atoms with Gasteiger partial charge in [0.05, 0.1) is 10.9 Å². The number of rotatable bonds is 7. The summed E-state index contributed by atoms with van der Waals surface area (Å²) in [5, 5.41) is 13.5. The molecule has 4 rings (SSSR count). The van der Waals surface area contributed by atoms with E-state index in [0.717, 1.165) is 12.5 Å². The minimum atomic E-state index is -4.85. The van der Waals surface area contributed by atoms with Crippen LogP contribution in [0.4, 0.5) is 19.0 Å². The van der Waals surface area contributed by atoms with Crippen LogP contribution in [0.5, 0.6) is 5.75 Å². The predicted molar refractivity (Wildman–Crippen MR) is 130 cm³/mol. The van der Waals surface area contributed by atoms with Gasteiger partial charge in [0.2, 0.25) is 5.91 Å². The Morgan fingerprint density at radius 3 is 2.65 bits per heavy atom. The molecule has 0 unspecified atom stereocenters. The van der Waals surface area contributed by atoms with Crippen LogP contribution in [-0.2, 0) is 9.59 Å². The average Bonchev–Trinajstić information content (AvgIpc) is 3.17. The van der Waals surface area contributed by atoms with Crippen LogP contribution in [0.15, 0.2) is 24.5 Å². The molecule has 37 heavy (non-hydrogen) atoms. The minimum Gasteiger partial charge on any atom is -0.481 e. The number of carbonyl (C=O) groups is 2. The van der Waals surface area contributed by atoms with Gasteiger partial charge in [-0.25, -0.2) is 9.97 Å². The second-order valence-electron chi connectivity index (χ2n) is 10.4. The molecule has 0 radical (unpaired) electrons. The normalized spacial score (nSPS) is 26.8. The number of fused-ring (bicyclic) bond motifs is 1. The summed E-state index contributed by atoms with van der Waals surface area (Å²) in [6.07, 6.45) is -1.40. The fourth-order valence-electron chi connectivity index (χ4n) is 5.55. The topological polar surface area (TPSA) is 108 Å². The number of hydrogen-bond acceptors (Lipinski definition) is 7. The van der Waals surface area contributed by atoms with Gasteiger partial charge in [-0.3, -0.25) is 9.59 Å². The molecule has 2 N–H and O–H groups in total. The first-order valence-corrected chi connectivity index (χ1v) is 12.3. The Kier molecular flexibility index (Phi) is 7.24. The third-order valence-electron chi connectivity index (χ3n) is 7.81. The molecule has 9 nitrogen and oxygen atoms in total. The summed E-state index contributed by atoms with van der Waals surface area (Å²) in [5.74, 6) is -1.39. The number of nitrogens with one attached hydrogen (secondary N) is 1. The first-order chi connectivity index (χ1) is 17.3. The van der Waals surface area contributed by atoms with E-state index in [0.29, 0.717) is 31.3 Å². The van der Waals surface area contributed by atoms with Gasteiger partial charge in [0, 0.05) is 30.1 Å². The number of carbonyl (C=O) groups excluding carboxylic acids is 1. The Balaban J connectivity index is 1.54. The molecule has 2 heterocycles. The van der Waals surface area contributed by atoms with Gasteiger partial charge in [0.1, 0.15) is 23.9 Å². The third kappa shape index (κ3) is 5.43. The van der Waals surface area contributed by atoms with Crippen molar-refractivity contribution >= 4 is 28.6 Å². The molecule has 2 fully saturated rings. The summed E-state index contributed by atoms with van der Waals surface area (Å²) < 4.78 is 42.1. The zero-order valence-corrected chi connectivity index (χ0v) is 21.2. The molecule has 2 aliphatic rings. The fourth-order valence-corrected chi connectivity index (χ4v) is 5.55. The molecule has 12 heteroatoms. The van der Waals surface area contributed by atoms with Crippen LogP contribution in [-0.4, -0.2) is 80.9 Å². The van der Waals surface area contributed by atoms with Gasteiger partial charge >= 0.3 is 12.3 Å². The van der Waals surface area contributed by atoms with Gasteiger partial charge in [-0.1, -0.05) is 0 Å². The highest BCUT2D eigenvalue weighted by Crippen LogP contribution is 2.43. The van der Waals surface area contributed by atoms with Crippen LogP contribution in [0.3, 0.4) is 0 Å². The molecule has 0 bridgehead atoms. The van der Waals surface area contributed by atoms with Gasteiger partial charge in [0.25, 0.3) is 0 Å². The van der Waals surface area contributed by atoms with E-state index in [9.17, 15) is 27.9 Å². The number of carboxylic acids is 1. The van der Waals surface area contributed by atoms with Crippen LogP contribution < -0.4 is 10.1 Å². The van der Waals surface area contributed by atoms with Crippen LogP contribution in [0, 0.1) is 5.41 Å². The van der Waals surface area contributed by atoms with Crippen molar-refractivity contribution in [2.24, 2.45) is 5.41 Å². The Morgan fingerprint density at radius 1 is 1.27 bits per heavy atom. The Hall–Kier alpha value is -3.15. The number of likely N-dealkylation sites (tertiary alicyclic amines) is 1. The summed E-state index contributed by atoms with van der Waals surface area (Å²) in [7, 11) is 2.00.